The maximum absolute atomic E-state index is 11.0. The summed E-state index contributed by atoms with van der Waals surface area (Å²) in [5.41, 5.74) is 0. The lowest BCUT2D eigenvalue weighted by Gasteiger charge is -2.21. The van der Waals surface area contributed by atoms with Crippen molar-refractivity contribution in [3.63, 3.8) is 0 Å². The molecule has 0 bridgehead atoms. The molecule has 0 amide bonds. The first kappa shape index (κ1) is 12.7. The molecule has 0 saturated carbocycles. The van der Waals surface area contributed by atoms with Gasteiger partial charge in [-0.1, -0.05) is 15.9 Å². The van der Waals surface area contributed by atoms with E-state index in [1.165, 1.54) is 0 Å². The molecule has 6 heteroatoms. The largest absolute Gasteiger partial charge is 0.221 e. The number of rotatable bonds is 5. The highest BCUT2D eigenvalue weighted by molar-refractivity contribution is 9.10. The van der Waals surface area contributed by atoms with Crippen LogP contribution >= 0.6 is 27.7 Å². The lowest BCUT2D eigenvalue weighted by atomic mass is 10.2. The van der Waals surface area contributed by atoms with Gasteiger partial charge in [-0.25, -0.2) is 13.1 Å². The third kappa shape index (κ3) is 5.40. The van der Waals surface area contributed by atoms with Crippen LogP contribution in [0.1, 0.15) is 13.8 Å². The average molecular weight is 276 g/mol. The molecule has 0 aromatic carbocycles. The number of hydrogen-bond acceptors (Lipinski definition) is 3. The zero-order valence-corrected chi connectivity index (χ0v) is 10.6. The van der Waals surface area contributed by atoms with Gasteiger partial charge in [-0.3, -0.25) is 0 Å². The van der Waals surface area contributed by atoms with Crippen LogP contribution in [0.3, 0.4) is 0 Å². The van der Waals surface area contributed by atoms with Crippen molar-refractivity contribution in [1.29, 1.82) is 0 Å². The van der Waals surface area contributed by atoms with Crippen molar-refractivity contribution < 1.29 is 8.42 Å². The Morgan fingerprint density at radius 2 is 2.00 bits per heavy atom. The van der Waals surface area contributed by atoms with Crippen molar-refractivity contribution in [2.45, 2.75) is 18.6 Å². The molecule has 0 aromatic heterocycles. The molecule has 0 heterocycles. The molecule has 0 aliphatic rings. The molecule has 1 N–H and O–H groups in total. The second-order valence-electron chi connectivity index (χ2n) is 3.01. The van der Waals surface area contributed by atoms with Crippen LogP contribution in [0.4, 0.5) is 0 Å². The molecule has 0 fully saturated rings. The Morgan fingerprint density at radius 3 is 2.33 bits per heavy atom. The summed E-state index contributed by atoms with van der Waals surface area (Å²) in [4.78, 5) is 0. The SMILES string of the molecule is CSC(C)(C)CNS(=O)(=O)CBr. The van der Waals surface area contributed by atoms with Crippen LogP contribution in [0.5, 0.6) is 0 Å². The minimum Gasteiger partial charge on any atom is -0.213 e. The molecule has 0 radical (unpaired) electrons. The summed E-state index contributed by atoms with van der Waals surface area (Å²) in [6.45, 7) is 4.45. The van der Waals surface area contributed by atoms with Crippen LogP contribution in [-0.4, -0.2) is 30.6 Å². The minimum absolute atomic E-state index is 0.0372. The fourth-order valence-corrected chi connectivity index (χ4v) is 1.85. The molecule has 0 aromatic rings. The summed E-state index contributed by atoms with van der Waals surface area (Å²) in [7, 11) is -3.11. The fraction of sp³-hybridized carbons (Fsp3) is 1.00. The summed E-state index contributed by atoms with van der Waals surface area (Å²) >= 11 is 4.54. The van der Waals surface area contributed by atoms with Gasteiger partial charge in [-0.2, -0.15) is 11.8 Å². The van der Waals surface area contributed by atoms with Gasteiger partial charge < -0.3 is 0 Å². The second-order valence-corrected chi connectivity index (χ2v) is 7.63. The Bertz CT molecular complexity index is 226. The third-order valence-electron chi connectivity index (χ3n) is 1.41. The van der Waals surface area contributed by atoms with Gasteiger partial charge in [0.05, 0.1) is 0 Å². The zero-order chi connectivity index (χ0) is 9.83. The Hall–Kier alpha value is 0.740. The van der Waals surface area contributed by atoms with Crippen LogP contribution in [-0.2, 0) is 10.0 Å². The van der Waals surface area contributed by atoms with Gasteiger partial charge in [-0.15, -0.1) is 0 Å². The van der Waals surface area contributed by atoms with Gasteiger partial charge in [-0.05, 0) is 20.1 Å². The maximum Gasteiger partial charge on any atom is 0.221 e. The van der Waals surface area contributed by atoms with E-state index in [1.807, 2.05) is 20.1 Å². The highest BCUT2D eigenvalue weighted by atomic mass is 79.9. The molecule has 12 heavy (non-hydrogen) atoms. The van der Waals surface area contributed by atoms with Crippen LogP contribution < -0.4 is 4.72 Å². The summed E-state index contributed by atoms with van der Waals surface area (Å²) in [5, 5.41) is 0. The minimum atomic E-state index is -3.11. The topological polar surface area (TPSA) is 46.2 Å². The predicted octanol–water partition coefficient (Wildman–Crippen LogP) is 1.40. The average Bonchev–Trinajstić information content (AvgIpc) is 2.02. The van der Waals surface area contributed by atoms with Crippen molar-refractivity contribution >= 4 is 37.7 Å². The summed E-state index contributed by atoms with van der Waals surface area (Å²) < 4.78 is 24.4. The standard InChI is InChI=1S/C6H14BrNO2S2/c1-6(2,11-3)4-8-12(9,10)5-7/h8H,4-5H2,1-3H3. The van der Waals surface area contributed by atoms with Gasteiger partial charge in [0.1, 0.15) is 4.66 Å². The molecule has 0 rings (SSSR count). The van der Waals surface area contributed by atoms with Crippen molar-refractivity contribution in [3.8, 4) is 0 Å². The number of alkyl halides is 1. The van der Waals surface area contributed by atoms with E-state index in [-0.39, 0.29) is 9.41 Å². The number of halogens is 1. The summed E-state index contributed by atoms with van der Waals surface area (Å²) in [5.74, 6) is 0. The van der Waals surface area contributed by atoms with E-state index in [9.17, 15) is 8.42 Å². The summed E-state index contributed by atoms with van der Waals surface area (Å²) in [6, 6.07) is 0. The van der Waals surface area contributed by atoms with Gasteiger partial charge in [0.25, 0.3) is 0 Å². The molecule has 0 unspecified atom stereocenters. The van der Waals surface area contributed by atoms with Crippen molar-refractivity contribution in [2.75, 3.05) is 17.5 Å². The molecule has 0 aliphatic carbocycles. The summed E-state index contributed by atoms with van der Waals surface area (Å²) in [6.07, 6.45) is 1.96. The number of nitrogens with one attached hydrogen (secondary N) is 1. The Kier molecular flexibility index (Phi) is 5.13. The van der Waals surface area contributed by atoms with E-state index in [2.05, 4.69) is 20.7 Å². The van der Waals surface area contributed by atoms with E-state index in [0.717, 1.165) is 0 Å². The van der Waals surface area contributed by atoms with Crippen LogP contribution in [0.15, 0.2) is 0 Å². The maximum atomic E-state index is 11.0. The van der Waals surface area contributed by atoms with Crippen LogP contribution in [0.25, 0.3) is 0 Å². The van der Waals surface area contributed by atoms with Gasteiger partial charge in [0.15, 0.2) is 0 Å². The van der Waals surface area contributed by atoms with E-state index in [0.29, 0.717) is 6.54 Å². The Balaban J connectivity index is 4.00. The van der Waals surface area contributed by atoms with Crippen LogP contribution in [0.2, 0.25) is 0 Å². The van der Waals surface area contributed by atoms with Crippen LogP contribution in [0, 0.1) is 0 Å². The highest BCUT2D eigenvalue weighted by Gasteiger charge is 2.18. The lowest BCUT2D eigenvalue weighted by molar-refractivity contribution is 0.576. The van der Waals surface area contributed by atoms with Gasteiger partial charge in [0, 0.05) is 11.3 Å². The highest BCUT2D eigenvalue weighted by Crippen LogP contribution is 2.19. The molecule has 0 atom stereocenters. The first-order valence-corrected chi connectivity index (χ1v) is 7.41. The van der Waals surface area contributed by atoms with Crippen molar-refractivity contribution in [2.24, 2.45) is 0 Å². The zero-order valence-electron chi connectivity index (χ0n) is 7.43. The number of hydrogen-bond donors (Lipinski definition) is 1. The predicted molar refractivity (Wildman–Crippen MR) is 58.3 cm³/mol. The first-order valence-electron chi connectivity index (χ1n) is 3.41. The Labute approximate surface area is 86.9 Å². The molecule has 0 spiro atoms. The molecular weight excluding hydrogens is 262 g/mol. The van der Waals surface area contributed by atoms with Crippen molar-refractivity contribution in [3.05, 3.63) is 0 Å². The van der Waals surface area contributed by atoms with Gasteiger partial charge in [0.2, 0.25) is 10.0 Å². The fourth-order valence-electron chi connectivity index (χ4n) is 0.395. The number of sulfonamides is 1. The lowest BCUT2D eigenvalue weighted by Crippen LogP contribution is -2.36. The van der Waals surface area contributed by atoms with E-state index < -0.39 is 10.0 Å². The second kappa shape index (κ2) is 4.83. The first-order chi connectivity index (χ1) is 5.33. The molecule has 74 valence electrons. The normalized spacial score (nSPS) is 13.3. The molecule has 0 saturated heterocycles. The number of thioether (sulfide) groups is 1. The quantitative estimate of drug-likeness (QED) is 0.772. The van der Waals surface area contributed by atoms with Crippen molar-refractivity contribution in [1.82, 2.24) is 4.72 Å². The molecule has 3 nitrogen and oxygen atoms in total. The van der Waals surface area contributed by atoms with Gasteiger partial charge >= 0.3 is 0 Å². The monoisotopic (exact) mass is 275 g/mol. The molecule has 0 aliphatic heterocycles. The molecular formula is C6H14BrNO2S2. The van der Waals surface area contributed by atoms with E-state index >= 15 is 0 Å². The Morgan fingerprint density at radius 1 is 1.50 bits per heavy atom. The third-order valence-corrected chi connectivity index (χ3v) is 5.34. The van der Waals surface area contributed by atoms with E-state index in [4.69, 9.17) is 0 Å². The van der Waals surface area contributed by atoms with E-state index in [1.54, 1.807) is 11.8 Å². The smallest absolute Gasteiger partial charge is 0.213 e.